The molecule has 1 aliphatic heterocycles. The Hall–Kier alpha value is -4.40. The molecule has 0 aliphatic carbocycles. The molecule has 5 rings (SSSR count). The Balaban J connectivity index is 1.61. The number of anilines is 3. The number of hydrogen-bond donors (Lipinski definition) is 3. The third-order valence-corrected chi connectivity index (χ3v) is 7.46. The normalized spacial score (nSPS) is 14.1. The first-order valence-electron chi connectivity index (χ1n) is 12.1. The van der Waals surface area contributed by atoms with Gasteiger partial charge in [-0.05, 0) is 67.7 Å². The van der Waals surface area contributed by atoms with Gasteiger partial charge in [0.05, 0.1) is 16.2 Å². The Morgan fingerprint density at radius 2 is 1.50 bits per heavy atom. The molecule has 0 saturated carbocycles. The van der Waals surface area contributed by atoms with Crippen molar-refractivity contribution in [1.29, 1.82) is 0 Å². The molecule has 8 heteroatoms. The highest BCUT2D eigenvalue weighted by atomic mass is 32.2. The van der Waals surface area contributed by atoms with Crippen molar-refractivity contribution < 1.29 is 13.2 Å². The summed E-state index contributed by atoms with van der Waals surface area (Å²) in [6.45, 7) is 0.770. The van der Waals surface area contributed by atoms with Gasteiger partial charge in [-0.3, -0.25) is 9.52 Å². The van der Waals surface area contributed by atoms with E-state index in [-0.39, 0.29) is 10.8 Å². The third kappa shape index (κ3) is 5.46. The maximum absolute atomic E-state index is 13.3. The van der Waals surface area contributed by atoms with Crippen LogP contribution in [0.25, 0.3) is 11.3 Å². The lowest BCUT2D eigenvalue weighted by Gasteiger charge is -2.17. The number of para-hydroxylation sites is 1. The molecule has 192 valence electrons. The standard InChI is InChI=1S/C30H28N4O3S/c1-34(2)20-21-10-9-15-24(18-21)31-29(22-11-5-3-6-12-22)28-26-19-25(16-17-27(26)32-30(28)35)38(36,37)33-23-13-7-4-8-14-23/h3-19,31,33H,20H2,1-2H3,(H,32,35)/b29-28-. The van der Waals surface area contributed by atoms with Crippen LogP contribution in [0.1, 0.15) is 16.7 Å². The first kappa shape index (κ1) is 25.3. The second-order valence-electron chi connectivity index (χ2n) is 9.31. The number of fused-ring (bicyclic) bond motifs is 1. The smallest absolute Gasteiger partial charge is 0.261 e. The zero-order valence-corrected chi connectivity index (χ0v) is 21.9. The van der Waals surface area contributed by atoms with Crippen LogP contribution < -0.4 is 15.4 Å². The zero-order chi connectivity index (χ0) is 26.7. The second-order valence-corrected chi connectivity index (χ2v) is 11.0. The fourth-order valence-electron chi connectivity index (χ4n) is 4.42. The summed E-state index contributed by atoms with van der Waals surface area (Å²) in [4.78, 5) is 15.5. The van der Waals surface area contributed by atoms with Gasteiger partial charge in [-0.15, -0.1) is 0 Å². The first-order valence-corrected chi connectivity index (χ1v) is 13.6. The van der Waals surface area contributed by atoms with Gasteiger partial charge in [0.1, 0.15) is 0 Å². The van der Waals surface area contributed by atoms with Gasteiger partial charge >= 0.3 is 0 Å². The number of nitrogens with one attached hydrogen (secondary N) is 3. The predicted octanol–water partition coefficient (Wildman–Crippen LogP) is 5.48. The molecule has 0 bridgehead atoms. The van der Waals surface area contributed by atoms with Crippen LogP contribution >= 0.6 is 0 Å². The Morgan fingerprint density at radius 3 is 2.21 bits per heavy atom. The van der Waals surface area contributed by atoms with Crippen molar-refractivity contribution in [1.82, 2.24) is 4.90 Å². The van der Waals surface area contributed by atoms with Crippen LogP contribution in [0, 0.1) is 0 Å². The van der Waals surface area contributed by atoms with Crippen LogP contribution in [0.2, 0.25) is 0 Å². The van der Waals surface area contributed by atoms with Gasteiger partial charge in [-0.2, -0.15) is 0 Å². The fourth-order valence-corrected chi connectivity index (χ4v) is 5.51. The summed E-state index contributed by atoms with van der Waals surface area (Å²) in [5.74, 6) is -0.304. The third-order valence-electron chi connectivity index (χ3n) is 6.08. The monoisotopic (exact) mass is 524 g/mol. The molecule has 0 spiro atoms. The van der Waals surface area contributed by atoms with E-state index in [4.69, 9.17) is 0 Å². The van der Waals surface area contributed by atoms with Gasteiger partial charge < -0.3 is 15.5 Å². The molecule has 1 amide bonds. The highest BCUT2D eigenvalue weighted by molar-refractivity contribution is 7.92. The molecule has 0 fully saturated rings. The predicted molar refractivity (Wildman–Crippen MR) is 153 cm³/mol. The lowest BCUT2D eigenvalue weighted by atomic mass is 10.00. The molecule has 0 aromatic heterocycles. The molecule has 1 aliphatic rings. The molecule has 1 heterocycles. The zero-order valence-electron chi connectivity index (χ0n) is 21.1. The van der Waals surface area contributed by atoms with Crippen molar-refractivity contribution in [3.05, 3.63) is 120 Å². The van der Waals surface area contributed by atoms with Gasteiger partial charge in [0, 0.05) is 29.2 Å². The van der Waals surface area contributed by atoms with E-state index in [1.165, 1.54) is 6.07 Å². The summed E-state index contributed by atoms with van der Waals surface area (Å²) in [6, 6.07) is 30.9. The molecule has 38 heavy (non-hydrogen) atoms. The van der Waals surface area contributed by atoms with Gasteiger partial charge in [0.15, 0.2) is 0 Å². The van der Waals surface area contributed by atoms with Crippen molar-refractivity contribution in [3.63, 3.8) is 0 Å². The molecule has 0 unspecified atom stereocenters. The highest BCUT2D eigenvalue weighted by Crippen LogP contribution is 2.39. The summed E-state index contributed by atoms with van der Waals surface area (Å²) in [7, 11) is 0.140. The summed E-state index contributed by atoms with van der Waals surface area (Å²) in [6.07, 6.45) is 0. The van der Waals surface area contributed by atoms with Crippen LogP contribution in [-0.2, 0) is 21.4 Å². The van der Waals surface area contributed by atoms with Gasteiger partial charge in [-0.1, -0.05) is 60.7 Å². The molecule has 4 aromatic carbocycles. The van der Waals surface area contributed by atoms with E-state index in [2.05, 4.69) is 26.3 Å². The van der Waals surface area contributed by atoms with Crippen molar-refractivity contribution in [3.8, 4) is 0 Å². The van der Waals surface area contributed by atoms with E-state index in [1.54, 1.807) is 36.4 Å². The number of sulfonamides is 1. The number of benzene rings is 4. The molecular weight excluding hydrogens is 496 g/mol. The van der Waals surface area contributed by atoms with E-state index in [0.717, 1.165) is 23.4 Å². The first-order chi connectivity index (χ1) is 18.3. The topological polar surface area (TPSA) is 90.5 Å². The second kappa shape index (κ2) is 10.5. The van der Waals surface area contributed by atoms with E-state index in [9.17, 15) is 13.2 Å². The average molecular weight is 525 g/mol. The van der Waals surface area contributed by atoms with E-state index < -0.39 is 10.0 Å². The van der Waals surface area contributed by atoms with Crippen LogP contribution in [0.5, 0.6) is 0 Å². The minimum atomic E-state index is -3.88. The number of rotatable bonds is 8. The highest BCUT2D eigenvalue weighted by Gasteiger charge is 2.30. The molecule has 0 radical (unpaired) electrons. The summed E-state index contributed by atoms with van der Waals surface area (Å²) in [5, 5.41) is 6.35. The molecule has 0 saturated heterocycles. The van der Waals surface area contributed by atoms with Gasteiger partial charge in [-0.25, -0.2) is 8.42 Å². The lowest BCUT2D eigenvalue weighted by Crippen LogP contribution is -2.13. The quantitative estimate of drug-likeness (QED) is 0.266. The van der Waals surface area contributed by atoms with Crippen molar-refractivity contribution in [2.45, 2.75) is 11.4 Å². The Morgan fingerprint density at radius 1 is 0.816 bits per heavy atom. The minimum Gasteiger partial charge on any atom is -0.354 e. The van der Waals surface area contributed by atoms with E-state index in [1.807, 2.05) is 68.7 Å². The fraction of sp³-hybridized carbons (Fsp3) is 0.100. The van der Waals surface area contributed by atoms with Gasteiger partial charge in [0.2, 0.25) is 0 Å². The average Bonchev–Trinajstić information content (AvgIpc) is 3.23. The largest absolute Gasteiger partial charge is 0.354 e. The van der Waals surface area contributed by atoms with Crippen molar-refractivity contribution >= 4 is 44.3 Å². The number of carbonyl (C=O) groups is 1. The Kier molecular flexibility index (Phi) is 7.00. The van der Waals surface area contributed by atoms with E-state index in [0.29, 0.717) is 28.2 Å². The SMILES string of the molecule is CN(C)Cc1cccc(N/C(=C2\C(=O)Nc3ccc(S(=O)(=O)Nc4ccccc4)cc32)c2ccccc2)c1. The minimum absolute atomic E-state index is 0.0643. The molecule has 4 aromatic rings. The number of carbonyl (C=O) groups excluding carboxylic acids is 1. The van der Waals surface area contributed by atoms with E-state index >= 15 is 0 Å². The molecule has 3 N–H and O–H groups in total. The van der Waals surface area contributed by atoms with Crippen LogP contribution in [0.3, 0.4) is 0 Å². The molecule has 7 nitrogen and oxygen atoms in total. The Bertz CT molecular complexity index is 1620. The van der Waals surface area contributed by atoms with Gasteiger partial charge in [0.25, 0.3) is 15.9 Å². The van der Waals surface area contributed by atoms with Crippen LogP contribution in [0.4, 0.5) is 17.1 Å². The number of amides is 1. The molecular formula is C30H28N4O3S. The lowest BCUT2D eigenvalue weighted by molar-refractivity contribution is -0.110. The maximum Gasteiger partial charge on any atom is 0.261 e. The summed E-state index contributed by atoms with van der Waals surface area (Å²) < 4.78 is 29.0. The maximum atomic E-state index is 13.3. The molecule has 0 atom stereocenters. The van der Waals surface area contributed by atoms with Crippen molar-refractivity contribution in [2.75, 3.05) is 29.5 Å². The number of nitrogens with zero attached hydrogens (tertiary/aromatic N) is 1. The van der Waals surface area contributed by atoms with Crippen LogP contribution in [0.15, 0.2) is 108 Å². The van der Waals surface area contributed by atoms with Crippen molar-refractivity contribution in [2.24, 2.45) is 0 Å². The Labute approximate surface area is 222 Å². The number of hydrogen-bond acceptors (Lipinski definition) is 5. The summed E-state index contributed by atoms with van der Waals surface area (Å²) >= 11 is 0. The summed E-state index contributed by atoms with van der Waals surface area (Å²) in [5.41, 5.74) is 5.25. The van der Waals surface area contributed by atoms with Crippen LogP contribution in [-0.4, -0.2) is 33.3 Å².